The van der Waals surface area contributed by atoms with Crippen molar-refractivity contribution < 1.29 is 24.1 Å². The molecule has 2 aromatic carbocycles. The maximum Gasteiger partial charge on any atom is 0.303 e. The average Bonchev–Trinajstić information content (AvgIpc) is 3.70. The molecule has 196 valence electrons. The van der Waals surface area contributed by atoms with Crippen molar-refractivity contribution >= 4 is 5.97 Å². The van der Waals surface area contributed by atoms with Gasteiger partial charge in [0, 0.05) is 11.6 Å². The Morgan fingerprint density at radius 3 is 2.32 bits per heavy atom. The molecule has 1 heterocycles. The van der Waals surface area contributed by atoms with Crippen LogP contribution in [0.2, 0.25) is 0 Å². The topological polar surface area (TPSA) is 77.9 Å². The van der Waals surface area contributed by atoms with E-state index in [-0.39, 0.29) is 17.8 Å². The van der Waals surface area contributed by atoms with Crippen molar-refractivity contribution in [3.05, 3.63) is 71.4 Å². The van der Waals surface area contributed by atoms with E-state index in [1.807, 2.05) is 36.4 Å². The molecular weight excluding hydrogens is 466 g/mol. The molecule has 1 aliphatic rings. The molecule has 6 heteroatoms. The van der Waals surface area contributed by atoms with Crippen LogP contribution in [0, 0.1) is 11.3 Å². The normalized spacial score (nSPS) is 14.2. The van der Waals surface area contributed by atoms with Crippen molar-refractivity contribution in [1.29, 1.82) is 0 Å². The number of carboxylic acids is 1. The van der Waals surface area contributed by atoms with E-state index in [9.17, 15) is 9.90 Å². The average molecular weight is 504 g/mol. The molecule has 1 fully saturated rings. The number of carbonyl (C=O) groups is 1. The van der Waals surface area contributed by atoms with E-state index < -0.39 is 5.97 Å². The molecule has 1 N–H and O–H groups in total. The summed E-state index contributed by atoms with van der Waals surface area (Å²) in [6, 6.07) is 16.0. The molecule has 0 bridgehead atoms. The van der Waals surface area contributed by atoms with Crippen LogP contribution in [0.1, 0.15) is 62.6 Å². The summed E-state index contributed by atoms with van der Waals surface area (Å²) in [5, 5.41) is 9.37. The number of hydrogen-bond donors (Lipinski definition) is 1. The van der Waals surface area contributed by atoms with Crippen molar-refractivity contribution in [2.24, 2.45) is 11.3 Å². The summed E-state index contributed by atoms with van der Waals surface area (Å²) in [4.78, 5) is 16.2. The van der Waals surface area contributed by atoms with Crippen LogP contribution in [-0.4, -0.2) is 30.3 Å². The fraction of sp³-hybridized carbons (Fsp3) is 0.419. The van der Waals surface area contributed by atoms with Crippen molar-refractivity contribution in [3.8, 4) is 28.5 Å². The Morgan fingerprint density at radius 1 is 1.03 bits per heavy atom. The van der Waals surface area contributed by atoms with Gasteiger partial charge in [-0.25, -0.2) is 0 Å². The number of benzene rings is 2. The lowest BCUT2D eigenvalue weighted by Gasteiger charge is -2.21. The van der Waals surface area contributed by atoms with Gasteiger partial charge in [-0.1, -0.05) is 45.0 Å². The molecule has 1 aromatic heterocycles. The van der Waals surface area contributed by atoms with E-state index in [1.54, 1.807) is 20.4 Å². The highest BCUT2D eigenvalue weighted by Crippen LogP contribution is 2.44. The monoisotopic (exact) mass is 503 g/mol. The highest BCUT2D eigenvalue weighted by atomic mass is 16.5. The van der Waals surface area contributed by atoms with E-state index in [1.165, 1.54) is 0 Å². The molecule has 1 unspecified atom stereocenters. The largest absolute Gasteiger partial charge is 0.497 e. The lowest BCUT2D eigenvalue weighted by atomic mass is 9.86. The standard InChI is InChI=1S/C31H37NO5/c1-31(2,3)17-24-14-27(18-32-30(24)23-12-25(35-4)15-26(13-23)36-5)37-19-20-7-6-8-22(11-20)28(16-29(33)34)21-9-10-21/h6-8,11-15,18,21,28H,9-10,16-17,19H2,1-5H3,(H,33,34). The Balaban J connectivity index is 1.58. The number of hydrogen-bond acceptors (Lipinski definition) is 5. The lowest BCUT2D eigenvalue weighted by Crippen LogP contribution is -2.11. The molecule has 6 nitrogen and oxygen atoms in total. The summed E-state index contributed by atoms with van der Waals surface area (Å²) in [7, 11) is 3.28. The summed E-state index contributed by atoms with van der Waals surface area (Å²) in [5.41, 5.74) is 5.05. The molecule has 1 saturated carbocycles. The van der Waals surface area contributed by atoms with Gasteiger partial charge >= 0.3 is 5.97 Å². The van der Waals surface area contributed by atoms with Crippen LogP contribution in [-0.2, 0) is 17.8 Å². The van der Waals surface area contributed by atoms with Gasteiger partial charge < -0.3 is 19.3 Å². The van der Waals surface area contributed by atoms with E-state index in [0.29, 0.717) is 29.8 Å². The van der Waals surface area contributed by atoms with Crippen molar-refractivity contribution in [2.75, 3.05) is 14.2 Å². The van der Waals surface area contributed by atoms with Gasteiger partial charge in [-0.3, -0.25) is 9.78 Å². The van der Waals surface area contributed by atoms with E-state index in [0.717, 1.165) is 47.2 Å². The van der Waals surface area contributed by atoms with Gasteiger partial charge in [0.25, 0.3) is 0 Å². The Hall–Kier alpha value is -3.54. The number of methoxy groups -OCH3 is 2. The zero-order valence-electron chi connectivity index (χ0n) is 22.4. The van der Waals surface area contributed by atoms with Crippen molar-refractivity contribution in [3.63, 3.8) is 0 Å². The van der Waals surface area contributed by atoms with Crippen LogP contribution < -0.4 is 14.2 Å². The smallest absolute Gasteiger partial charge is 0.303 e. The maximum absolute atomic E-state index is 11.4. The predicted molar refractivity (Wildman–Crippen MR) is 144 cm³/mol. The van der Waals surface area contributed by atoms with Gasteiger partial charge in [0.1, 0.15) is 23.9 Å². The summed E-state index contributed by atoms with van der Waals surface area (Å²) >= 11 is 0. The first kappa shape index (κ1) is 26.5. The van der Waals surface area contributed by atoms with Crippen LogP contribution in [0.3, 0.4) is 0 Å². The second-order valence-electron chi connectivity index (χ2n) is 11.1. The van der Waals surface area contributed by atoms with Gasteiger partial charge in [0.05, 0.1) is 32.5 Å². The number of carboxylic acid groups (broad SMARTS) is 1. The van der Waals surface area contributed by atoms with Gasteiger partial charge in [0.2, 0.25) is 0 Å². The number of aromatic nitrogens is 1. The molecular formula is C31H37NO5. The molecule has 1 atom stereocenters. The number of rotatable bonds is 11. The minimum absolute atomic E-state index is 0.0499. The minimum Gasteiger partial charge on any atom is -0.497 e. The number of aliphatic carboxylic acids is 1. The lowest BCUT2D eigenvalue weighted by molar-refractivity contribution is -0.137. The fourth-order valence-electron chi connectivity index (χ4n) is 4.80. The first-order chi connectivity index (χ1) is 17.6. The molecule has 0 radical (unpaired) electrons. The van der Waals surface area contributed by atoms with E-state index in [2.05, 4.69) is 32.9 Å². The first-order valence-electron chi connectivity index (χ1n) is 12.8. The first-order valence-corrected chi connectivity index (χ1v) is 12.8. The van der Waals surface area contributed by atoms with Gasteiger partial charge in [0.15, 0.2) is 0 Å². The highest BCUT2D eigenvalue weighted by molar-refractivity contribution is 5.68. The summed E-state index contributed by atoms with van der Waals surface area (Å²) in [6.07, 6.45) is 4.96. The third kappa shape index (κ3) is 7.25. The van der Waals surface area contributed by atoms with Crippen LogP contribution in [0.15, 0.2) is 54.7 Å². The molecule has 0 saturated heterocycles. The Bertz CT molecular complexity index is 1220. The Labute approximate surface area is 219 Å². The Morgan fingerprint density at radius 2 is 1.73 bits per heavy atom. The highest BCUT2D eigenvalue weighted by Gasteiger charge is 2.33. The quantitative estimate of drug-likeness (QED) is 0.307. The molecule has 0 spiro atoms. The third-order valence-corrected chi connectivity index (χ3v) is 6.66. The maximum atomic E-state index is 11.4. The summed E-state index contributed by atoms with van der Waals surface area (Å²) < 4.78 is 17.1. The van der Waals surface area contributed by atoms with Crippen molar-refractivity contribution in [1.82, 2.24) is 4.98 Å². The van der Waals surface area contributed by atoms with Crippen molar-refractivity contribution in [2.45, 2.75) is 59.0 Å². The second kappa shape index (κ2) is 11.2. The molecule has 1 aliphatic carbocycles. The van der Waals surface area contributed by atoms with E-state index in [4.69, 9.17) is 19.2 Å². The Kier molecular flexibility index (Phi) is 8.06. The molecule has 37 heavy (non-hydrogen) atoms. The molecule has 4 rings (SSSR count). The van der Waals surface area contributed by atoms with Crippen LogP contribution >= 0.6 is 0 Å². The zero-order valence-corrected chi connectivity index (χ0v) is 22.4. The van der Waals surface area contributed by atoms with Crippen LogP contribution in [0.25, 0.3) is 11.3 Å². The molecule has 3 aromatic rings. The minimum atomic E-state index is -0.746. The summed E-state index contributed by atoms with van der Waals surface area (Å²) in [5.74, 6) is 1.92. The fourth-order valence-corrected chi connectivity index (χ4v) is 4.80. The van der Waals surface area contributed by atoms with E-state index >= 15 is 0 Å². The zero-order chi connectivity index (χ0) is 26.6. The summed E-state index contributed by atoms with van der Waals surface area (Å²) in [6.45, 7) is 7.00. The van der Waals surface area contributed by atoms with Gasteiger partial charge in [-0.2, -0.15) is 0 Å². The second-order valence-corrected chi connectivity index (χ2v) is 11.1. The number of nitrogens with zero attached hydrogens (tertiary/aromatic N) is 1. The molecule has 0 aliphatic heterocycles. The molecule has 0 amide bonds. The van der Waals surface area contributed by atoms with Crippen LogP contribution in [0.5, 0.6) is 17.2 Å². The van der Waals surface area contributed by atoms with Gasteiger partial charge in [-0.15, -0.1) is 0 Å². The third-order valence-electron chi connectivity index (χ3n) is 6.66. The van der Waals surface area contributed by atoms with Crippen LogP contribution in [0.4, 0.5) is 0 Å². The SMILES string of the molecule is COc1cc(OC)cc(-c2ncc(OCc3cccc(C(CC(=O)O)C4CC4)c3)cc2CC(C)(C)C)c1. The number of pyridine rings is 1. The number of ether oxygens (including phenoxy) is 3. The predicted octanol–water partition coefficient (Wildman–Crippen LogP) is 6.90. The van der Waals surface area contributed by atoms with Gasteiger partial charge in [-0.05, 0) is 71.4 Å².